The first kappa shape index (κ1) is 20.2. The Morgan fingerprint density at radius 3 is 2.18 bits per heavy atom. The number of quaternary nitrogens is 1. The molecule has 0 unspecified atom stereocenters. The molecule has 1 heterocycles. The highest BCUT2D eigenvalue weighted by Gasteiger charge is 2.23. The molecule has 1 fully saturated rings. The number of nitrogens with zero attached hydrogens (tertiary/aromatic N) is 1. The van der Waals surface area contributed by atoms with E-state index in [-0.39, 0.29) is 5.91 Å². The summed E-state index contributed by atoms with van der Waals surface area (Å²) in [6.45, 7) is 8.65. The van der Waals surface area contributed by atoms with E-state index in [0.717, 1.165) is 50.5 Å². The third-order valence-corrected chi connectivity index (χ3v) is 5.58. The maximum atomic E-state index is 12.7. The van der Waals surface area contributed by atoms with E-state index in [1.807, 2.05) is 12.1 Å². The van der Waals surface area contributed by atoms with Gasteiger partial charge in [0.2, 0.25) is 0 Å². The first-order valence-corrected chi connectivity index (χ1v) is 10.3. The highest BCUT2D eigenvalue weighted by Crippen LogP contribution is 2.22. The number of aryl methyl sites for hydroxylation is 2. The molecular formula is C23H32N3O2+. The molecular weight excluding hydrogens is 350 g/mol. The number of rotatable bonds is 7. The van der Waals surface area contributed by atoms with Crippen LogP contribution in [0.15, 0.2) is 42.5 Å². The van der Waals surface area contributed by atoms with Crippen LogP contribution in [0.25, 0.3) is 0 Å². The number of carbonyl (C=O) groups excluding carboxylic acids is 1. The van der Waals surface area contributed by atoms with Gasteiger partial charge in [0.15, 0.2) is 6.54 Å². The second kappa shape index (κ2) is 9.60. The van der Waals surface area contributed by atoms with Crippen molar-refractivity contribution in [3.8, 4) is 5.75 Å². The van der Waals surface area contributed by atoms with Crippen LogP contribution in [0.5, 0.6) is 5.75 Å². The summed E-state index contributed by atoms with van der Waals surface area (Å²) in [6.07, 6.45) is 1.85. The second-order valence-electron chi connectivity index (χ2n) is 7.32. The van der Waals surface area contributed by atoms with Crippen molar-refractivity contribution in [2.75, 3.05) is 50.1 Å². The lowest BCUT2D eigenvalue weighted by Gasteiger charge is -2.33. The Morgan fingerprint density at radius 1 is 1.04 bits per heavy atom. The first-order valence-electron chi connectivity index (χ1n) is 10.3. The van der Waals surface area contributed by atoms with Crippen molar-refractivity contribution in [1.82, 2.24) is 0 Å². The summed E-state index contributed by atoms with van der Waals surface area (Å²) in [5.41, 5.74) is 4.67. The van der Waals surface area contributed by atoms with Crippen molar-refractivity contribution in [2.45, 2.75) is 26.7 Å². The van der Waals surface area contributed by atoms with Gasteiger partial charge in [-0.1, -0.05) is 32.0 Å². The number of hydrogen-bond donors (Lipinski definition) is 2. The third-order valence-electron chi connectivity index (χ3n) is 5.58. The van der Waals surface area contributed by atoms with Crippen LogP contribution in [-0.2, 0) is 17.6 Å². The summed E-state index contributed by atoms with van der Waals surface area (Å²) in [4.78, 5) is 16.4. The number of hydrogen-bond acceptors (Lipinski definition) is 3. The Morgan fingerprint density at radius 2 is 1.64 bits per heavy atom. The molecule has 150 valence electrons. The highest BCUT2D eigenvalue weighted by molar-refractivity contribution is 5.93. The molecule has 1 amide bonds. The number of ether oxygens (including phenoxy) is 1. The number of benzene rings is 2. The predicted molar refractivity (Wildman–Crippen MR) is 115 cm³/mol. The van der Waals surface area contributed by atoms with E-state index >= 15 is 0 Å². The lowest BCUT2D eigenvalue weighted by molar-refractivity contribution is -0.892. The quantitative estimate of drug-likeness (QED) is 0.772. The van der Waals surface area contributed by atoms with Gasteiger partial charge >= 0.3 is 0 Å². The molecule has 0 aliphatic carbocycles. The minimum absolute atomic E-state index is 0.114. The topological polar surface area (TPSA) is 46.0 Å². The molecule has 28 heavy (non-hydrogen) atoms. The maximum Gasteiger partial charge on any atom is 0.279 e. The number of amides is 1. The van der Waals surface area contributed by atoms with Gasteiger partial charge in [0, 0.05) is 11.4 Å². The van der Waals surface area contributed by atoms with E-state index in [0.29, 0.717) is 6.54 Å². The number of piperazine rings is 1. The van der Waals surface area contributed by atoms with Crippen LogP contribution < -0.4 is 19.9 Å². The number of methoxy groups -OCH3 is 1. The zero-order valence-corrected chi connectivity index (χ0v) is 17.3. The van der Waals surface area contributed by atoms with E-state index in [9.17, 15) is 4.79 Å². The van der Waals surface area contributed by atoms with Crippen LogP contribution in [0, 0.1) is 0 Å². The van der Waals surface area contributed by atoms with E-state index in [1.165, 1.54) is 21.7 Å². The number of anilines is 2. The first-order chi connectivity index (χ1) is 13.6. The van der Waals surface area contributed by atoms with E-state index < -0.39 is 0 Å². The van der Waals surface area contributed by atoms with Crippen molar-refractivity contribution in [1.29, 1.82) is 0 Å². The molecule has 0 atom stereocenters. The molecule has 0 radical (unpaired) electrons. The summed E-state index contributed by atoms with van der Waals surface area (Å²) in [5.74, 6) is 0.993. The highest BCUT2D eigenvalue weighted by atomic mass is 16.5. The second-order valence-corrected chi connectivity index (χ2v) is 7.32. The lowest BCUT2D eigenvalue weighted by Crippen LogP contribution is -3.15. The number of carbonyl (C=O) groups is 1. The van der Waals surface area contributed by atoms with Crippen LogP contribution in [0.1, 0.15) is 25.0 Å². The van der Waals surface area contributed by atoms with Crippen molar-refractivity contribution in [3.05, 3.63) is 53.6 Å². The number of para-hydroxylation sites is 1. The molecule has 1 aliphatic rings. The molecule has 1 saturated heterocycles. The van der Waals surface area contributed by atoms with Crippen LogP contribution >= 0.6 is 0 Å². The van der Waals surface area contributed by atoms with Gasteiger partial charge in [0.1, 0.15) is 5.75 Å². The van der Waals surface area contributed by atoms with Crippen molar-refractivity contribution in [3.63, 3.8) is 0 Å². The third kappa shape index (κ3) is 4.84. The van der Waals surface area contributed by atoms with Gasteiger partial charge in [-0.2, -0.15) is 0 Å². The average Bonchev–Trinajstić information content (AvgIpc) is 2.74. The van der Waals surface area contributed by atoms with Crippen LogP contribution in [0.3, 0.4) is 0 Å². The molecule has 0 aromatic heterocycles. The van der Waals surface area contributed by atoms with Gasteiger partial charge in [0.05, 0.1) is 33.3 Å². The fraction of sp³-hybridized carbons (Fsp3) is 0.435. The molecule has 2 aromatic rings. The molecule has 2 aromatic carbocycles. The summed E-state index contributed by atoms with van der Waals surface area (Å²) in [7, 11) is 1.69. The Bertz CT molecular complexity index is 759. The van der Waals surface area contributed by atoms with Gasteiger partial charge in [-0.25, -0.2) is 0 Å². The molecule has 0 spiro atoms. The molecule has 2 N–H and O–H groups in total. The Hall–Kier alpha value is -2.53. The van der Waals surface area contributed by atoms with Gasteiger partial charge in [-0.3, -0.25) is 4.79 Å². The summed E-state index contributed by atoms with van der Waals surface area (Å²) >= 11 is 0. The zero-order chi connectivity index (χ0) is 19.9. The predicted octanol–water partition coefficient (Wildman–Crippen LogP) is 2.16. The molecule has 5 heteroatoms. The minimum Gasteiger partial charge on any atom is -0.497 e. The zero-order valence-electron chi connectivity index (χ0n) is 17.3. The SMILES string of the molecule is CCc1cccc(CC)c1NC(=O)C[NH+]1CCN(c2ccc(OC)cc2)CC1. The van der Waals surface area contributed by atoms with E-state index in [2.05, 4.69) is 54.4 Å². The van der Waals surface area contributed by atoms with Gasteiger partial charge in [-0.05, 0) is 48.2 Å². The van der Waals surface area contributed by atoms with Crippen LogP contribution in [0.4, 0.5) is 11.4 Å². The smallest absolute Gasteiger partial charge is 0.279 e. The summed E-state index contributed by atoms with van der Waals surface area (Å²) < 4.78 is 5.23. The average molecular weight is 383 g/mol. The Labute approximate surface area is 168 Å². The molecule has 3 rings (SSSR count). The Balaban J connectivity index is 1.54. The fourth-order valence-electron chi connectivity index (χ4n) is 3.86. The van der Waals surface area contributed by atoms with Gasteiger partial charge in [-0.15, -0.1) is 0 Å². The number of nitrogens with one attached hydrogen (secondary N) is 2. The monoisotopic (exact) mass is 382 g/mol. The standard InChI is InChI=1S/C23H31N3O2/c1-4-18-7-6-8-19(5-2)23(18)24-22(27)17-25-13-15-26(16-14-25)20-9-11-21(28-3)12-10-20/h6-12H,4-5,13-17H2,1-3H3,(H,24,27)/p+1. The Kier molecular flexibility index (Phi) is 6.93. The van der Waals surface area contributed by atoms with Crippen molar-refractivity contribution < 1.29 is 14.4 Å². The van der Waals surface area contributed by atoms with E-state index in [4.69, 9.17) is 4.74 Å². The normalized spacial score (nSPS) is 14.8. The maximum absolute atomic E-state index is 12.7. The summed E-state index contributed by atoms with van der Waals surface area (Å²) in [5, 5.41) is 3.20. The minimum atomic E-state index is 0.114. The fourth-order valence-corrected chi connectivity index (χ4v) is 3.86. The summed E-state index contributed by atoms with van der Waals surface area (Å²) in [6, 6.07) is 14.5. The van der Waals surface area contributed by atoms with Crippen molar-refractivity contribution in [2.24, 2.45) is 0 Å². The molecule has 1 aliphatic heterocycles. The molecule has 5 nitrogen and oxygen atoms in total. The van der Waals surface area contributed by atoms with E-state index in [1.54, 1.807) is 7.11 Å². The molecule has 0 saturated carbocycles. The van der Waals surface area contributed by atoms with Crippen molar-refractivity contribution >= 4 is 17.3 Å². The van der Waals surface area contributed by atoms with Crippen LogP contribution in [-0.4, -0.2) is 45.7 Å². The van der Waals surface area contributed by atoms with Crippen LogP contribution in [0.2, 0.25) is 0 Å². The van der Waals surface area contributed by atoms with Gasteiger partial charge < -0.3 is 19.9 Å². The van der Waals surface area contributed by atoms with Gasteiger partial charge in [0.25, 0.3) is 5.91 Å². The largest absolute Gasteiger partial charge is 0.497 e. The lowest BCUT2D eigenvalue weighted by atomic mass is 10.0. The molecule has 0 bridgehead atoms.